The fourth-order valence-corrected chi connectivity index (χ4v) is 2.99. The first-order valence-corrected chi connectivity index (χ1v) is 8.33. The molecule has 0 radical (unpaired) electrons. The summed E-state index contributed by atoms with van der Waals surface area (Å²) < 4.78 is 11.5. The molecule has 2 atom stereocenters. The summed E-state index contributed by atoms with van der Waals surface area (Å²) in [6, 6.07) is 17.4. The summed E-state index contributed by atoms with van der Waals surface area (Å²) in [5.74, 6) is 0.737. The van der Waals surface area contributed by atoms with E-state index in [1.54, 1.807) is 0 Å². The Bertz CT molecular complexity index is 676. The molecule has 4 heteroatoms. The van der Waals surface area contributed by atoms with Crippen LogP contribution >= 0.6 is 0 Å². The van der Waals surface area contributed by atoms with Crippen LogP contribution in [-0.2, 0) is 11.3 Å². The van der Waals surface area contributed by atoms with E-state index in [-0.39, 0.29) is 18.1 Å². The van der Waals surface area contributed by atoms with Crippen LogP contribution in [0.4, 0.5) is 0 Å². The van der Waals surface area contributed by atoms with Crippen LogP contribution in [0.15, 0.2) is 54.6 Å². The summed E-state index contributed by atoms with van der Waals surface area (Å²) in [5, 5.41) is 0. The van der Waals surface area contributed by atoms with Crippen LogP contribution in [0.3, 0.4) is 0 Å². The second kappa shape index (κ2) is 7.49. The Balaban J connectivity index is 1.67. The lowest BCUT2D eigenvalue weighted by atomic mass is 10.1. The van der Waals surface area contributed by atoms with Crippen molar-refractivity contribution in [2.75, 3.05) is 13.1 Å². The molecule has 1 heterocycles. The van der Waals surface area contributed by atoms with Crippen molar-refractivity contribution in [2.45, 2.75) is 32.7 Å². The summed E-state index contributed by atoms with van der Waals surface area (Å²) in [7, 11) is 0. The Morgan fingerprint density at radius 1 is 1.08 bits per heavy atom. The van der Waals surface area contributed by atoms with Gasteiger partial charge in [0.1, 0.15) is 12.4 Å². The van der Waals surface area contributed by atoms with Crippen molar-refractivity contribution < 1.29 is 14.3 Å². The molecule has 1 fully saturated rings. The van der Waals surface area contributed by atoms with Gasteiger partial charge < -0.3 is 14.4 Å². The zero-order chi connectivity index (χ0) is 16.9. The summed E-state index contributed by atoms with van der Waals surface area (Å²) in [4.78, 5) is 14.6. The molecule has 1 aliphatic heterocycles. The van der Waals surface area contributed by atoms with E-state index in [9.17, 15) is 4.79 Å². The fraction of sp³-hybridized carbons (Fsp3) is 0.350. The van der Waals surface area contributed by atoms with Crippen molar-refractivity contribution in [3.8, 4) is 5.75 Å². The van der Waals surface area contributed by atoms with Gasteiger partial charge in [0.15, 0.2) is 0 Å². The molecular weight excluding hydrogens is 302 g/mol. The van der Waals surface area contributed by atoms with Crippen LogP contribution in [0.5, 0.6) is 5.75 Å². The van der Waals surface area contributed by atoms with Gasteiger partial charge in [0.25, 0.3) is 5.91 Å². The molecule has 0 saturated carbocycles. The predicted molar refractivity (Wildman–Crippen MR) is 93.1 cm³/mol. The zero-order valence-corrected chi connectivity index (χ0v) is 14.1. The molecule has 0 N–H and O–H groups in total. The molecule has 1 aliphatic rings. The van der Waals surface area contributed by atoms with Crippen LogP contribution in [-0.4, -0.2) is 36.1 Å². The van der Waals surface area contributed by atoms with Crippen LogP contribution in [0.1, 0.15) is 29.8 Å². The smallest absolute Gasteiger partial charge is 0.254 e. The van der Waals surface area contributed by atoms with Gasteiger partial charge in [-0.3, -0.25) is 4.79 Å². The molecule has 4 nitrogen and oxygen atoms in total. The average molecular weight is 325 g/mol. The first-order chi connectivity index (χ1) is 11.6. The molecule has 0 unspecified atom stereocenters. The quantitative estimate of drug-likeness (QED) is 0.863. The number of hydrogen-bond donors (Lipinski definition) is 0. The van der Waals surface area contributed by atoms with Gasteiger partial charge in [0, 0.05) is 18.7 Å². The number of carbonyl (C=O) groups is 1. The third-order valence-electron chi connectivity index (χ3n) is 4.04. The minimum atomic E-state index is 0.0298. The lowest BCUT2D eigenvalue weighted by Crippen LogP contribution is -2.48. The largest absolute Gasteiger partial charge is 0.489 e. The Hall–Kier alpha value is -2.33. The molecule has 2 aromatic rings. The van der Waals surface area contributed by atoms with Crippen molar-refractivity contribution in [1.82, 2.24) is 4.90 Å². The van der Waals surface area contributed by atoms with Crippen molar-refractivity contribution >= 4 is 5.91 Å². The van der Waals surface area contributed by atoms with Crippen LogP contribution in [0, 0.1) is 0 Å². The maximum atomic E-state index is 12.7. The lowest BCUT2D eigenvalue weighted by Gasteiger charge is -2.35. The number of carbonyl (C=O) groups excluding carboxylic acids is 1. The molecule has 1 amide bonds. The number of rotatable bonds is 4. The summed E-state index contributed by atoms with van der Waals surface area (Å²) in [6.45, 7) is 5.73. The lowest BCUT2D eigenvalue weighted by molar-refractivity contribution is -0.0586. The molecule has 24 heavy (non-hydrogen) atoms. The Morgan fingerprint density at radius 2 is 1.79 bits per heavy atom. The first kappa shape index (κ1) is 16.5. The maximum Gasteiger partial charge on any atom is 0.254 e. The maximum absolute atomic E-state index is 12.7. The van der Waals surface area contributed by atoms with Crippen LogP contribution in [0.25, 0.3) is 0 Å². The van der Waals surface area contributed by atoms with Gasteiger partial charge in [-0.2, -0.15) is 0 Å². The van der Waals surface area contributed by atoms with Gasteiger partial charge >= 0.3 is 0 Å². The Kier molecular flexibility index (Phi) is 5.16. The molecular formula is C20H23NO3. The normalized spacial score (nSPS) is 20.7. The minimum absolute atomic E-state index is 0.0298. The van der Waals surface area contributed by atoms with Crippen molar-refractivity contribution in [3.63, 3.8) is 0 Å². The third kappa shape index (κ3) is 4.15. The molecule has 126 valence electrons. The van der Waals surface area contributed by atoms with Gasteiger partial charge in [0.05, 0.1) is 12.2 Å². The van der Waals surface area contributed by atoms with Crippen molar-refractivity contribution in [3.05, 3.63) is 65.7 Å². The van der Waals surface area contributed by atoms with Gasteiger partial charge in [-0.1, -0.05) is 36.4 Å². The topological polar surface area (TPSA) is 38.8 Å². The number of hydrogen-bond acceptors (Lipinski definition) is 3. The third-order valence-corrected chi connectivity index (χ3v) is 4.04. The Morgan fingerprint density at radius 3 is 2.50 bits per heavy atom. The number of nitrogens with zero attached hydrogens (tertiary/aromatic N) is 1. The molecule has 0 aliphatic carbocycles. The van der Waals surface area contributed by atoms with Crippen LogP contribution < -0.4 is 4.74 Å². The molecule has 2 aromatic carbocycles. The van der Waals surface area contributed by atoms with E-state index in [0.717, 1.165) is 5.56 Å². The Labute approximate surface area is 143 Å². The van der Waals surface area contributed by atoms with Crippen molar-refractivity contribution in [2.24, 2.45) is 0 Å². The standard InChI is InChI=1S/C20H23NO3/c1-15-12-21(13-16(2)24-15)20(22)18-9-6-10-19(11-18)23-14-17-7-4-3-5-8-17/h3-11,15-16H,12-14H2,1-2H3/t15-,16-/m1/s1. The minimum Gasteiger partial charge on any atom is -0.489 e. The SMILES string of the molecule is C[C@@H]1CN(C(=O)c2cccc(OCc3ccccc3)c2)C[C@@H](C)O1. The molecule has 3 rings (SSSR count). The zero-order valence-electron chi connectivity index (χ0n) is 14.1. The summed E-state index contributed by atoms with van der Waals surface area (Å²) >= 11 is 0. The van der Waals surface area contributed by atoms with E-state index in [1.165, 1.54) is 0 Å². The monoisotopic (exact) mass is 325 g/mol. The van der Waals surface area contributed by atoms with Gasteiger partial charge in [-0.05, 0) is 37.6 Å². The second-order valence-corrected chi connectivity index (χ2v) is 6.27. The average Bonchev–Trinajstić information content (AvgIpc) is 2.59. The van der Waals surface area contributed by atoms with E-state index < -0.39 is 0 Å². The van der Waals surface area contributed by atoms with E-state index >= 15 is 0 Å². The summed E-state index contributed by atoms with van der Waals surface area (Å²) in [5.41, 5.74) is 1.76. The summed E-state index contributed by atoms with van der Waals surface area (Å²) in [6.07, 6.45) is 0.130. The number of morpholine rings is 1. The number of ether oxygens (including phenoxy) is 2. The highest BCUT2D eigenvalue weighted by Gasteiger charge is 2.26. The second-order valence-electron chi connectivity index (χ2n) is 6.27. The highest BCUT2D eigenvalue weighted by Crippen LogP contribution is 2.19. The van der Waals surface area contributed by atoms with E-state index in [2.05, 4.69) is 0 Å². The fourth-order valence-electron chi connectivity index (χ4n) is 2.99. The van der Waals surface area contributed by atoms with Gasteiger partial charge in [0.2, 0.25) is 0 Å². The highest BCUT2D eigenvalue weighted by molar-refractivity contribution is 5.94. The predicted octanol–water partition coefficient (Wildman–Crippen LogP) is 3.52. The molecule has 0 aromatic heterocycles. The van der Waals surface area contributed by atoms with E-state index in [0.29, 0.717) is 31.0 Å². The van der Waals surface area contributed by atoms with Gasteiger partial charge in [-0.25, -0.2) is 0 Å². The molecule has 1 saturated heterocycles. The van der Waals surface area contributed by atoms with Crippen molar-refractivity contribution in [1.29, 1.82) is 0 Å². The first-order valence-electron chi connectivity index (χ1n) is 8.33. The van der Waals surface area contributed by atoms with E-state index in [4.69, 9.17) is 9.47 Å². The highest BCUT2D eigenvalue weighted by atomic mass is 16.5. The molecule has 0 bridgehead atoms. The molecule has 0 spiro atoms. The van der Waals surface area contributed by atoms with Crippen LogP contribution in [0.2, 0.25) is 0 Å². The number of amides is 1. The van der Waals surface area contributed by atoms with Gasteiger partial charge in [-0.15, -0.1) is 0 Å². The number of benzene rings is 2. The van der Waals surface area contributed by atoms with E-state index in [1.807, 2.05) is 73.3 Å².